The third-order valence-corrected chi connectivity index (χ3v) is 6.31. The van der Waals surface area contributed by atoms with Crippen molar-refractivity contribution < 1.29 is 18.0 Å². The number of amides is 1. The number of piperidine rings is 1. The summed E-state index contributed by atoms with van der Waals surface area (Å²) in [6.07, 6.45) is 0.708. The second-order valence-corrected chi connectivity index (χ2v) is 8.57. The van der Waals surface area contributed by atoms with E-state index in [9.17, 15) is 23.2 Å². The van der Waals surface area contributed by atoms with E-state index in [4.69, 9.17) is 0 Å². The molecule has 0 radical (unpaired) electrons. The van der Waals surface area contributed by atoms with Gasteiger partial charge in [-0.25, -0.2) is 15.0 Å². The Morgan fingerprint density at radius 2 is 2.06 bits per heavy atom. The smallest absolute Gasteiger partial charge is 0.351 e. The van der Waals surface area contributed by atoms with Crippen LogP contribution in [0.3, 0.4) is 0 Å². The first-order valence-corrected chi connectivity index (χ1v) is 11.2. The number of anilines is 1. The highest BCUT2D eigenvalue weighted by Gasteiger charge is 2.32. The maximum atomic E-state index is 13.2. The SMILES string of the molecule is CNCC(=O)N1CCC([C@H](C)Nc2ncc(C#N)c(-c3c[nH]c4ncc(C(F)(F)F)cc34)n2)CC1. The van der Waals surface area contributed by atoms with Crippen LogP contribution in [-0.2, 0) is 11.0 Å². The third kappa shape index (κ3) is 5.19. The minimum Gasteiger partial charge on any atom is -0.351 e. The van der Waals surface area contributed by atoms with E-state index in [1.165, 1.54) is 12.4 Å². The Bertz CT molecular complexity index is 1260. The molecule has 9 nitrogen and oxygen atoms in total. The van der Waals surface area contributed by atoms with E-state index in [2.05, 4.69) is 30.6 Å². The van der Waals surface area contributed by atoms with Crippen molar-refractivity contribution in [2.45, 2.75) is 32.0 Å². The number of likely N-dealkylation sites (tertiary alicyclic amines) is 1. The molecule has 0 aromatic carbocycles. The lowest BCUT2D eigenvalue weighted by molar-refractivity contribution is -0.137. The summed E-state index contributed by atoms with van der Waals surface area (Å²) in [7, 11) is 1.74. The summed E-state index contributed by atoms with van der Waals surface area (Å²) in [4.78, 5) is 29.3. The van der Waals surface area contributed by atoms with E-state index in [0.717, 1.165) is 25.1 Å². The van der Waals surface area contributed by atoms with Crippen LogP contribution in [0.1, 0.15) is 30.9 Å². The number of nitriles is 1. The minimum atomic E-state index is -4.55. The van der Waals surface area contributed by atoms with Crippen molar-refractivity contribution in [3.63, 3.8) is 0 Å². The molecule has 1 atom stereocenters. The van der Waals surface area contributed by atoms with Crippen LogP contribution in [-0.4, -0.2) is 63.5 Å². The van der Waals surface area contributed by atoms with Gasteiger partial charge in [-0.15, -0.1) is 0 Å². The van der Waals surface area contributed by atoms with E-state index in [0.29, 0.717) is 25.2 Å². The molecule has 0 saturated carbocycles. The van der Waals surface area contributed by atoms with Crippen LogP contribution >= 0.6 is 0 Å². The molecule has 35 heavy (non-hydrogen) atoms. The number of hydrogen-bond donors (Lipinski definition) is 3. The van der Waals surface area contributed by atoms with Crippen LogP contribution in [0.25, 0.3) is 22.3 Å². The van der Waals surface area contributed by atoms with Gasteiger partial charge in [0.15, 0.2) is 0 Å². The second kappa shape index (κ2) is 9.87. The van der Waals surface area contributed by atoms with E-state index < -0.39 is 11.7 Å². The molecule has 184 valence electrons. The molecule has 3 N–H and O–H groups in total. The number of pyridine rings is 1. The number of alkyl halides is 3. The van der Waals surface area contributed by atoms with E-state index in [1.807, 2.05) is 17.9 Å². The lowest BCUT2D eigenvalue weighted by Gasteiger charge is -2.35. The van der Waals surface area contributed by atoms with Gasteiger partial charge < -0.3 is 20.5 Å². The number of carbonyl (C=O) groups is 1. The molecule has 3 aromatic rings. The monoisotopic (exact) mass is 486 g/mol. The molecule has 1 saturated heterocycles. The number of aromatic nitrogens is 4. The normalized spacial score (nSPS) is 15.7. The van der Waals surface area contributed by atoms with Gasteiger partial charge in [0.25, 0.3) is 0 Å². The van der Waals surface area contributed by atoms with Crippen molar-refractivity contribution in [3.05, 3.63) is 35.8 Å². The minimum absolute atomic E-state index is 0.0150. The first-order valence-electron chi connectivity index (χ1n) is 11.2. The maximum Gasteiger partial charge on any atom is 0.417 e. The zero-order valence-electron chi connectivity index (χ0n) is 19.3. The van der Waals surface area contributed by atoms with Gasteiger partial charge in [0, 0.05) is 42.5 Å². The highest BCUT2D eigenvalue weighted by Crippen LogP contribution is 2.35. The Morgan fingerprint density at radius 3 is 2.71 bits per heavy atom. The Kier molecular flexibility index (Phi) is 6.88. The largest absolute Gasteiger partial charge is 0.417 e. The number of nitrogens with one attached hydrogen (secondary N) is 3. The highest BCUT2D eigenvalue weighted by molar-refractivity contribution is 5.94. The lowest BCUT2D eigenvalue weighted by atomic mass is 9.90. The highest BCUT2D eigenvalue weighted by atomic mass is 19.4. The molecule has 0 aliphatic carbocycles. The summed E-state index contributed by atoms with van der Waals surface area (Å²) in [6, 6.07) is 2.99. The second-order valence-electron chi connectivity index (χ2n) is 8.57. The van der Waals surface area contributed by atoms with Gasteiger partial charge in [-0.1, -0.05) is 0 Å². The van der Waals surface area contributed by atoms with Crippen LogP contribution in [0, 0.1) is 17.2 Å². The van der Waals surface area contributed by atoms with Crippen molar-refractivity contribution in [1.29, 1.82) is 5.26 Å². The number of rotatable bonds is 6. The van der Waals surface area contributed by atoms with Crippen LogP contribution in [0.15, 0.2) is 24.7 Å². The molecule has 3 aromatic heterocycles. The first kappa shape index (κ1) is 24.4. The Morgan fingerprint density at radius 1 is 1.31 bits per heavy atom. The maximum absolute atomic E-state index is 13.2. The summed E-state index contributed by atoms with van der Waals surface area (Å²) in [5, 5.41) is 15.9. The van der Waals surface area contributed by atoms with Gasteiger partial charge in [-0.2, -0.15) is 18.4 Å². The number of H-pyrrole nitrogens is 1. The standard InChI is InChI=1S/C23H25F3N8O/c1-13(14-3-5-34(6-4-14)19(35)12-28-2)32-22-31-9-15(8-27)20(33-22)18-11-30-21-17(18)7-16(10-29-21)23(24,25)26/h7,9-11,13-14,28H,3-6,12H2,1-2H3,(H,29,30)(H,31,32,33)/t13-/m0/s1. The Hall–Kier alpha value is -3.72. The van der Waals surface area contributed by atoms with E-state index in [-0.39, 0.29) is 46.1 Å². The van der Waals surface area contributed by atoms with Gasteiger partial charge in [0.1, 0.15) is 11.7 Å². The van der Waals surface area contributed by atoms with Crippen LogP contribution < -0.4 is 10.6 Å². The molecule has 4 heterocycles. The van der Waals surface area contributed by atoms with Crippen LogP contribution in [0.2, 0.25) is 0 Å². The van der Waals surface area contributed by atoms with Gasteiger partial charge in [-0.05, 0) is 38.8 Å². The topological polar surface area (TPSA) is 123 Å². The lowest BCUT2D eigenvalue weighted by Crippen LogP contribution is -2.44. The molecular formula is C23H25F3N8O. The molecule has 1 fully saturated rings. The number of fused-ring (bicyclic) bond motifs is 1. The van der Waals surface area contributed by atoms with Crippen molar-refractivity contribution in [1.82, 2.24) is 30.2 Å². The number of nitrogens with zero attached hydrogens (tertiary/aromatic N) is 5. The molecular weight excluding hydrogens is 461 g/mol. The molecule has 1 aliphatic heterocycles. The molecule has 1 amide bonds. The zero-order chi connectivity index (χ0) is 25.2. The molecule has 0 spiro atoms. The molecule has 0 bridgehead atoms. The Balaban J connectivity index is 1.55. The van der Waals surface area contributed by atoms with Crippen LogP contribution in [0.4, 0.5) is 19.1 Å². The fourth-order valence-electron chi connectivity index (χ4n) is 4.33. The predicted molar refractivity (Wildman–Crippen MR) is 123 cm³/mol. The first-order chi connectivity index (χ1) is 16.7. The summed E-state index contributed by atoms with van der Waals surface area (Å²) in [5.74, 6) is 0.631. The Labute approximate surface area is 199 Å². The van der Waals surface area contributed by atoms with Crippen molar-refractivity contribution in [2.75, 3.05) is 32.0 Å². The molecule has 1 aliphatic rings. The molecule has 0 unspecified atom stereocenters. The predicted octanol–water partition coefficient (Wildman–Crippen LogP) is 3.17. The quantitative estimate of drug-likeness (QED) is 0.489. The summed E-state index contributed by atoms with van der Waals surface area (Å²) >= 11 is 0. The number of hydrogen-bond acceptors (Lipinski definition) is 7. The van der Waals surface area contributed by atoms with Gasteiger partial charge in [0.2, 0.25) is 11.9 Å². The molecule has 4 rings (SSSR count). The van der Waals surface area contributed by atoms with Crippen molar-refractivity contribution >= 4 is 22.9 Å². The van der Waals surface area contributed by atoms with Crippen LogP contribution in [0.5, 0.6) is 0 Å². The fourth-order valence-corrected chi connectivity index (χ4v) is 4.33. The third-order valence-electron chi connectivity index (χ3n) is 6.31. The number of aromatic amines is 1. The number of carbonyl (C=O) groups excluding carboxylic acids is 1. The fraction of sp³-hybridized carbons (Fsp3) is 0.435. The number of halogens is 3. The van der Waals surface area contributed by atoms with E-state index in [1.54, 1.807) is 7.05 Å². The average Bonchev–Trinajstić information content (AvgIpc) is 3.27. The summed E-state index contributed by atoms with van der Waals surface area (Å²) < 4.78 is 39.7. The zero-order valence-corrected chi connectivity index (χ0v) is 19.3. The van der Waals surface area contributed by atoms with Crippen molar-refractivity contribution in [2.24, 2.45) is 5.92 Å². The number of likely N-dealkylation sites (N-methyl/N-ethyl adjacent to an activating group) is 1. The van der Waals surface area contributed by atoms with E-state index >= 15 is 0 Å². The van der Waals surface area contributed by atoms with Gasteiger partial charge >= 0.3 is 6.18 Å². The molecule has 12 heteroatoms. The summed E-state index contributed by atoms with van der Waals surface area (Å²) in [5.41, 5.74) is 0.0717. The average molecular weight is 487 g/mol. The van der Waals surface area contributed by atoms with Gasteiger partial charge in [0.05, 0.1) is 29.6 Å². The summed E-state index contributed by atoms with van der Waals surface area (Å²) in [6.45, 7) is 3.65. The van der Waals surface area contributed by atoms with Crippen molar-refractivity contribution in [3.8, 4) is 17.3 Å². The van der Waals surface area contributed by atoms with Gasteiger partial charge in [-0.3, -0.25) is 4.79 Å².